The average Bonchev–Trinajstić information content (AvgIpc) is 2.86. The smallest absolute Gasteiger partial charge is 0.241 e. The number of sulfonamides is 1. The van der Waals surface area contributed by atoms with Gasteiger partial charge < -0.3 is 15.5 Å². The quantitative estimate of drug-likeness (QED) is 0.680. The Balaban J connectivity index is 1.69. The van der Waals surface area contributed by atoms with Crippen LogP contribution in [0.2, 0.25) is 0 Å². The zero-order chi connectivity index (χ0) is 19.6. The van der Waals surface area contributed by atoms with Crippen LogP contribution in [-0.2, 0) is 19.6 Å². The van der Waals surface area contributed by atoms with Gasteiger partial charge in [-0.15, -0.1) is 0 Å². The topological polar surface area (TPSA) is 108 Å². The van der Waals surface area contributed by atoms with Crippen molar-refractivity contribution in [3.63, 3.8) is 0 Å². The van der Waals surface area contributed by atoms with Crippen LogP contribution in [0.5, 0.6) is 0 Å². The van der Waals surface area contributed by atoms with Gasteiger partial charge in [-0.05, 0) is 57.0 Å². The highest BCUT2D eigenvalue weighted by Gasteiger charge is 2.40. The van der Waals surface area contributed by atoms with Crippen LogP contribution >= 0.6 is 0 Å². The molecule has 3 unspecified atom stereocenters. The summed E-state index contributed by atoms with van der Waals surface area (Å²) in [5.74, 6) is -0.408. The van der Waals surface area contributed by atoms with E-state index in [4.69, 9.17) is 0 Å². The standard InChI is InChI=1S/C18H26N4O4S/c1-12(18(24)22-15-5-6-16(22)11-19-10-9-15)21-27(25,26)17-7-3-14(4-8-17)20-13(2)23/h3-4,7-8,12,15-16,19,21H,5-6,9-11H2,1-2H3,(H,20,23). The molecule has 2 fully saturated rings. The number of nitrogens with one attached hydrogen (secondary N) is 3. The first-order valence-electron chi connectivity index (χ1n) is 9.21. The SMILES string of the molecule is CC(=O)Nc1ccc(S(=O)(=O)NC(C)C(=O)N2C3CCNCC2CC3)cc1. The maximum absolute atomic E-state index is 12.9. The lowest BCUT2D eigenvalue weighted by molar-refractivity contribution is -0.135. The lowest BCUT2D eigenvalue weighted by atomic mass is 10.1. The number of benzene rings is 1. The number of carbonyl (C=O) groups is 2. The predicted octanol–water partition coefficient (Wildman–Crippen LogP) is 0.665. The number of carbonyl (C=O) groups excluding carboxylic acids is 2. The van der Waals surface area contributed by atoms with Crippen molar-refractivity contribution in [1.29, 1.82) is 0 Å². The summed E-state index contributed by atoms with van der Waals surface area (Å²) in [6, 6.07) is 5.32. The summed E-state index contributed by atoms with van der Waals surface area (Å²) < 4.78 is 27.7. The van der Waals surface area contributed by atoms with Gasteiger partial charge in [0.2, 0.25) is 21.8 Å². The Labute approximate surface area is 159 Å². The van der Waals surface area contributed by atoms with Gasteiger partial charge in [0.1, 0.15) is 0 Å². The van der Waals surface area contributed by atoms with Crippen molar-refractivity contribution in [3.8, 4) is 0 Å². The van der Waals surface area contributed by atoms with E-state index in [1.54, 1.807) is 6.92 Å². The molecule has 0 aliphatic carbocycles. The number of fused-ring (bicyclic) bond motifs is 2. The van der Waals surface area contributed by atoms with E-state index in [9.17, 15) is 18.0 Å². The van der Waals surface area contributed by atoms with Gasteiger partial charge in [0.05, 0.1) is 10.9 Å². The summed E-state index contributed by atoms with van der Waals surface area (Å²) in [5, 5.41) is 5.92. The van der Waals surface area contributed by atoms with Crippen molar-refractivity contribution in [2.45, 2.75) is 56.1 Å². The van der Waals surface area contributed by atoms with Crippen molar-refractivity contribution < 1.29 is 18.0 Å². The van der Waals surface area contributed by atoms with Gasteiger partial charge in [-0.1, -0.05) is 0 Å². The van der Waals surface area contributed by atoms with Crippen LogP contribution in [0.4, 0.5) is 5.69 Å². The van der Waals surface area contributed by atoms with Crippen LogP contribution in [0.15, 0.2) is 29.2 Å². The van der Waals surface area contributed by atoms with Crippen molar-refractivity contribution >= 4 is 27.5 Å². The molecule has 0 radical (unpaired) electrons. The average molecular weight is 394 g/mol. The minimum atomic E-state index is -3.84. The lowest BCUT2D eigenvalue weighted by Crippen LogP contribution is -2.51. The molecule has 3 atom stereocenters. The van der Waals surface area contributed by atoms with Gasteiger partial charge in [-0.3, -0.25) is 9.59 Å². The molecule has 2 bridgehead atoms. The number of anilines is 1. The zero-order valence-corrected chi connectivity index (χ0v) is 16.4. The fourth-order valence-corrected chi connectivity index (χ4v) is 5.03. The molecule has 1 aromatic rings. The fraction of sp³-hybridized carbons (Fsp3) is 0.556. The maximum Gasteiger partial charge on any atom is 0.241 e. The Morgan fingerprint density at radius 1 is 1.15 bits per heavy atom. The predicted molar refractivity (Wildman–Crippen MR) is 102 cm³/mol. The fourth-order valence-electron chi connectivity index (χ4n) is 3.84. The molecule has 0 spiro atoms. The van der Waals surface area contributed by atoms with E-state index in [1.165, 1.54) is 31.2 Å². The third kappa shape index (κ3) is 4.48. The first-order valence-corrected chi connectivity index (χ1v) is 10.7. The second-order valence-corrected chi connectivity index (χ2v) is 8.89. The van der Waals surface area contributed by atoms with E-state index in [2.05, 4.69) is 15.4 Å². The Morgan fingerprint density at radius 2 is 1.81 bits per heavy atom. The third-order valence-electron chi connectivity index (χ3n) is 5.10. The van der Waals surface area contributed by atoms with Crippen LogP contribution in [0.3, 0.4) is 0 Å². The highest BCUT2D eigenvalue weighted by Crippen LogP contribution is 2.28. The van der Waals surface area contributed by atoms with Crippen LogP contribution in [-0.4, -0.2) is 56.3 Å². The number of rotatable bonds is 5. The second-order valence-electron chi connectivity index (χ2n) is 7.17. The lowest BCUT2D eigenvalue weighted by Gasteiger charge is -2.30. The van der Waals surface area contributed by atoms with Crippen molar-refractivity contribution in [2.75, 3.05) is 18.4 Å². The summed E-state index contributed by atoms with van der Waals surface area (Å²) >= 11 is 0. The van der Waals surface area contributed by atoms with Crippen LogP contribution < -0.4 is 15.4 Å². The number of hydrogen-bond donors (Lipinski definition) is 3. The number of amides is 2. The molecule has 9 heteroatoms. The van der Waals surface area contributed by atoms with Crippen molar-refractivity contribution in [3.05, 3.63) is 24.3 Å². The van der Waals surface area contributed by atoms with Gasteiger partial charge in [-0.2, -0.15) is 4.72 Å². The van der Waals surface area contributed by atoms with E-state index in [-0.39, 0.29) is 28.8 Å². The van der Waals surface area contributed by atoms with E-state index in [0.29, 0.717) is 5.69 Å². The van der Waals surface area contributed by atoms with E-state index in [1.807, 2.05) is 4.90 Å². The molecule has 2 amide bonds. The molecule has 2 saturated heterocycles. The normalized spacial score (nSPS) is 23.6. The molecular formula is C18H26N4O4S. The summed E-state index contributed by atoms with van der Waals surface area (Å²) in [6.07, 6.45) is 2.82. The Bertz CT molecular complexity index is 795. The van der Waals surface area contributed by atoms with Crippen LogP contribution in [0, 0.1) is 0 Å². The molecule has 148 valence electrons. The molecule has 3 N–H and O–H groups in total. The molecule has 3 rings (SSSR count). The Kier molecular flexibility index (Phi) is 5.83. The molecule has 27 heavy (non-hydrogen) atoms. The van der Waals surface area contributed by atoms with Gasteiger partial charge in [0.25, 0.3) is 0 Å². The monoisotopic (exact) mass is 394 g/mol. The van der Waals surface area contributed by atoms with Crippen molar-refractivity contribution in [2.24, 2.45) is 0 Å². The molecule has 2 aliphatic heterocycles. The maximum atomic E-state index is 12.9. The van der Waals surface area contributed by atoms with Gasteiger partial charge in [0.15, 0.2) is 0 Å². The highest BCUT2D eigenvalue weighted by atomic mass is 32.2. The summed E-state index contributed by atoms with van der Waals surface area (Å²) in [4.78, 5) is 25.9. The molecule has 2 heterocycles. The van der Waals surface area contributed by atoms with Crippen LogP contribution in [0.1, 0.15) is 33.1 Å². The van der Waals surface area contributed by atoms with E-state index < -0.39 is 16.1 Å². The Morgan fingerprint density at radius 3 is 2.48 bits per heavy atom. The number of nitrogens with zero attached hydrogens (tertiary/aromatic N) is 1. The van der Waals surface area contributed by atoms with Gasteiger partial charge in [0, 0.05) is 31.2 Å². The summed E-state index contributed by atoms with van der Waals surface area (Å²) in [7, 11) is -3.84. The minimum Gasteiger partial charge on any atom is -0.334 e. The third-order valence-corrected chi connectivity index (χ3v) is 6.65. The second kappa shape index (κ2) is 7.95. The first-order chi connectivity index (χ1) is 12.8. The zero-order valence-electron chi connectivity index (χ0n) is 15.6. The molecule has 2 aliphatic rings. The summed E-state index contributed by atoms with van der Waals surface area (Å²) in [5.41, 5.74) is 0.513. The summed E-state index contributed by atoms with van der Waals surface area (Å²) in [6.45, 7) is 4.60. The minimum absolute atomic E-state index is 0.0526. The van der Waals surface area contributed by atoms with Crippen molar-refractivity contribution in [1.82, 2.24) is 14.9 Å². The highest BCUT2D eigenvalue weighted by molar-refractivity contribution is 7.89. The van der Waals surface area contributed by atoms with E-state index in [0.717, 1.165) is 32.4 Å². The first kappa shape index (κ1) is 19.8. The number of hydrogen-bond acceptors (Lipinski definition) is 5. The molecule has 0 saturated carbocycles. The Hall–Kier alpha value is -1.97. The molecular weight excluding hydrogens is 368 g/mol. The molecule has 8 nitrogen and oxygen atoms in total. The largest absolute Gasteiger partial charge is 0.334 e. The molecule has 0 aromatic heterocycles. The molecule has 1 aromatic carbocycles. The van der Waals surface area contributed by atoms with Gasteiger partial charge >= 0.3 is 0 Å². The van der Waals surface area contributed by atoms with E-state index >= 15 is 0 Å². The van der Waals surface area contributed by atoms with Gasteiger partial charge in [-0.25, -0.2) is 8.42 Å². The van der Waals surface area contributed by atoms with Crippen LogP contribution in [0.25, 0.3) is 0 Å².